The minimum atomic E-state index is -5.45. The predicted molar refractivity (Wildman–Crippen MR) is 64.9 cm³/mol. The first kappa shape index (κ1) is 20.1. The Bertz CT molecular complexity index is 611. The summed E-state index contributed by atoms with van der Waals surface area (Å²) in [7, 11) is 0. The first-order valence-corrected chi connectivity index (χ1v) is 6.34. The lowest BCUT2D eigenvalue weighted by Gasteiger charge is -2.22. The number of rotatable bonds is 4. The molecule has 0 aliphatic rings. The molecule has 0 radical (unpaired) electrons. The van der Waals surface area contributed by atoms with Gasteiger partial charge in [0.2, 0.25) is 6.17 Å². The average molecular weight is 365 g/mol. The third kappa shape index (κ3) is 4.34. The van der Waals surface area contributed by atoms with Crippen molar-refractivity contribution in [3.8, 4) is 0 Å². The molecule has 0 aliphatic carbocycles. The zero-order chi connectivity index (χ0) is 18.9. The molecule has 24 heavy (non-hydrogen) atoms. The van der Waals surface area contributed by atoms with Crippen molar-refractivity contribution >= 4 is 5.97 Å². The van der Waals surface area contributed by atoms with Crippen molar-refractivity contribution in [1.29, 1.82) is 0 Å². The van der Waals surface area contributed by atoms with Gasteiger partial charge in [-0.25, -0.2) is 13.6 Å². The Balaban J connectivity index is 3.49. The van der Waals surface area contributed by atoms with Gasteiger partial charge < -0.3 is 10.5 Å². The van der Waals surface area contributed by atoms with Crippen LogP contribution >= 0.6 is 0 Å². The van der Waals surface area contributed by atoms with E-state index in [9.17, 15) is 39.9 Å². The number of alkyl halides is 7. The molecule has 0 bridgehead atoms. The second-order valence-electron chi connectivity index (χ2n) is 4.59. The molecule has 136 valence electrons. The molecule has 2 atom stereocenters. The lowest BCUT2D eigenvalue weighted by atomic mass is 9.94. The standard InChI is InChI=1S/C13H11F8NO2/c1-2-24-11(23)9(15)10(22)8-6(13(19,20)21)3-5(4-7(8)14)12(16,17)18/h3-4,9-10H,2,22H2,1H3/t9?,10-/m0/s1. The van der Waals surface area contributed by atoms with Crippen LogP contribution in [0.25, 0.3) is 0 Å². The summed E-state index contributed by atoms with van der Waals surface area (Å²) in [5.41, 5.74) is -0.495. The largest absolute Gasteiger partial charge is 0.464 e. The number of esters is 1. The predicted octanol–water partition coefficient (Wildman–Crippen LogP) is 3.76. The van der Waals surface area contributed by atoms with Gasteiger partial charge in [-0.05, 0) is 19.1 Å². The Hall–Kier alpha value is -1.91. The quantitative estimate of drug-likeness (QED) is 0.653. The van der Waals surface area contributed by atoms with E-state index in [1.807, 2.05) is 0 Å². The molecular formula is C13H11F8NO2. The highest BCUT2D eigenvalue weighted by molar-refractivity contribution is 5.76. The van der Waals surface area contributed by atoms with Crippen LogP contribution < -0.4 is 5.73 Å². The van der Waals surface area contributed by atoms with Crippen molar-refractivity contribution in [3.63, 3.8) is 0 Å². The maximum absolute atomic E-state index is 13.8. The van der Waals surface area contributed by atoms with Gasteiger partial charge in [0.15, 0.2) is 0 Å². The fraction of sp³-hybridized carbons (Fsp3) is 0.462. The van der Waals surface area contributed by atoms with Gasteiger partial charge in [-0.3, -0.25) is 0 Å². The lowest BCUT2D eigenvalue weighted by Crippen LogP contribution is -2.34. The van der Waals surface area contributed by atoms with Crippen molar-refractivity contribution in [3.05, 3.63) is 34.6 Å². The maximum atomic E-state index is 13.8. The number of nitrogens with two attached hydrogens (primary N) is 1. The van der Waals surface area contributed by atoms with Crippen LogP contribution in [0.2, 0.25) is 0 Å². The molecule has 1 unspecified atom stereocenters. The molecule has 0 heterocycles. The molecule has 1 rings (SSSR count). The number of halogens is 8. The molecule has 0 saturated heterocycles. The summed E-state index contributed by atoms with van der Waals surface area (Å²) in [5, 5.41) is 0. The van der Waals surface area contributed by atoms with Gasteiger partial charge in [-0.2, -0.15) is 26.3 Å². The van der Waals surface area contributed by atoms with E-state index in [0.717, 1.165) is 0 Å². The highest BCUT2D eigenvalue weighted by Crippen LogP contribution is 2.41. The Morgan fingerprint density at radius 2 is 1.71 bits per heavy atom. The fourth-order valence-corrected chi connectivity index (χ4v) is 1.87. The molecule has 0 spiro atoms. The van der Waals surface area contributed by atoms with Crippen LogP contribution in [0.5, 0.6) is 0 Å². The van der Waals surface area contributed by atoms with Gasteiger partial charge in [0, 0.05) is 5.56 Å². The zero-order valence-electron chi connectivity index (χ0n) is 11.9. The minimum Gasteiger partial charge on any atom is -0.464 e. The molecule has 2 N–H and O–H groups in total. The van der Waals surface area contributed by atoms with Gasteiger partial charge in [0.25, 0.3) is 0 Å². The van der Waals surface area contributed by atoms with Crippen LogP contribution in [0.15, 0.2) is 12.1 Å². The molecule has 3 nitrogen and oxygen atoms in total. The summed E-state index contributed by atoms with van der Waals surface area (Å²) >= 11 is 0. The van der Waals surface area contributed by atoms with Gasteiger partial charge in [0.05, 0.1) is 23.8 Å². The van der Waals surface area contributed by atoms with Crippen molar-refractivity contribution in [2.24, 2.45) is 5.73 Å². The van der Waals surface area contributed by atoms with Crippen molar-refractivity contribution < 1.29 is 44.7 Å². The molecule has 0 saturated carbocycles. The smallest absolute Gasteiger partial charge is 0.416 e. The monoisotopic (exact) mass is 365 g/mol. The second kappa shape index (κ2) is 6.91. The summed E-state index contributed by atoms with van der Waals surface area (Å²) in [6, 6.07) is -3.14. The second-order valence-corrected chi connectivity index (χ2v) is 4.59. The van der Waals surface area contributed by atoms with E-state index in [1.165, 1.54) is 6.92 Å². The van der Waals surface area contributed by atoms with E-state index in [0.29, 0.717) is 0 Å². The van der Waals surface area contributed by atoms with Gasteiger partial charge in [-0.1, -0.05) is 0 Å². The van der Waals surface area contributed by atoms with Gasteiger partial charge >= 0.3 is 18.3 Å². The molecule has 0 aliphatic heterocycles. The fourth-order valence-electron chi connectivity index (χ4n) is 1.87. The Kier molecular flexibility index (Phi) is 5.80. The number of ether oxygens (including phenoxy) is 1. The number of hydrogen-bond acceptors (Lipinski definition) is 3. The zero-order valence-corrected chi connectivity index (χ0v) is 11.9. The minimum absolute atomic E-state index is 0.248. The third-order valence-electron chi connectivity index (χ3n) is 2.92. The highest BCUT2D eigenvalue weighted by Gasteiger charge is 2.43. The molecule has 0 aromatic heterocycles. The first-order valence-electron chi connectivity index (χ1n) is 6.34. The van der Waals surface area contributed by atoms with E-state index in [1.54, 1.807) is 0 Å². The number of carbonyl (C=O) groups excluding carboxylic acids is 1. The summed E-state index contributed by atoms with van der Waals surface area (Å²) in [5.74, 6) is -3.69. The van der Waals surface area contributed by atoms with E-state index >= 15 is 0 Å². The van der Waals surface area contributed by atoms with E-state index in [2.05, 4.69) is 4.74 Å². The first-order chi connectivity index (χ1) is 10.8. The van der Waals surface area contributed by atoms with Crippen molar-refractivity contribution in [1.82, 2.24) is 0 Å². The van der Waals surface area contributed by atoms with E-state index < -0.39 is 59.1 Å². The summed E-state index contributed by atoms with van der Waals surface area (Å²) in [4.78, 5) is 11.2. The van der Waals surface area contributed by atoms with E-state index in [-0.39, 0.29) is 12.7 Å². The molecule has 0 amide bonds. The number of benzene rings is 1. The van der Waals surface area contributed by atoms with Crippen LogP contribution in [0.1, 0.15) is 29.7 Å². The normalized spacial score (nSPS) is 15.1. The molecule has 0 fully saturated rings. The third-order valence-corrected chi connectivity index (χ3v) is 2.92. The summed E-state index contributed by atoms with van der Waals surface area (Å²) in [6.45, 7) is 0.948. The molecule has 1 aromatic carbocycles. The Morgan fingerprint density at radius 3 is 2.12 bits per heavy atom. The molecule has 1 aromatic rings. The van der Waals surface area contributed by atoms with Crippen LogP contribution in [-0.4, -0.2) is 18.7 Å². The highest BCUT2D eigenvalue weighted by atomic mass is 19.4. The number of carbonyl (C=O) groups is 1. The Morgan fingerprint density at radius 1 is 1.17 bits per heavy atom. The SMILES string of the molecule is CCOC(=O)C(F)[C@@H](N)c1c(F)cc(C(F)(F)F)cc1C(F)(F)F. The van der Waals surface area contributed by atoms with Crippen molar-refractivity contribution in [2.75, 3.05) is 6.61 Å². The van der Waals surface area contributed by atoms with Crippen molar-refractivity contribution in [2.45, 2.75) is 31.5 Å². The van der Waals surface area contributed by atoms with Crippen LogP contribution in [0.3, 0.4) is 0 Å². The molecule has 11 heteroatoms. The lowest BCUT2D eigenvalue weighted by molar-refractivity contribution is -0.151. The van der Waals surface area contributed by atoms with Gasteiger partial charge in [-0.15, -0.1) is 0 Å². The molecular weight excluding hydrogens is 354 g/mol. The Labute approximate surface area is 130 Å². The number of hydrogen-bond donors (Lipinski definition) is 1. The van der Waals surface area contributed by atoms with Gasteiger partial charge in [0.1, 0.15) is 5.82 Å². The van der Waals surface area contributed by atoms with Crippen LogP contribution in [0.4, 0.5) is 35.1 Å². The van der Waals surface area contributed by atoms with Crippen LogP contribution in [0, 0.1) is 5.82 Å². The summed E-state index contributed by atoms with van der Waals surface area (Å²) in [6.07, 6.45) is -13.6. The summed E-state index contributed by atoms with van der Waals surface area (Å²) < 4.78 is 108. The van der Waals surface area contributed by atoms with E-state index in [4.69, 9.17) is 5.73 Å². The topological polar surface area (TPSA) is 52.3 Å². The average Bonchev–Trinajstić information content (AvgIpc) is 2.43. The van der Waals surface area contributed by atoms with Crippen LogP contribution in [-0.2, 0) is 21.9 Å². The maximum Gasteiger partial charge on any atom is 0.416 e.